The van der Waals surface area contributed by atoms with Gasteiger partial charge in [0.2, 0.25) is 0 Å². The summed E-state index contributed by atoms with van der Waals surface area (Å²) in [6.07, 6.45) is 5.36. The Labute approximate surface area is 117 Å². The van der Waals surface area contributed by atoms with Crippen molar-refractivity contribution >= 4 is 17.3 Å². The topological polar surface area (TPSA) is 68.2 Å². The molecule has 3 N–H and O–H groups in total. The molecule has 0 amide bonds. The van der Waals surface area contributed by atoms with Gasteiger partial charge < -0.3 is 15.5 Å². The Bertz CT molecular complexity index is 705. The van der Waals surface area contributed by atoms with Crippen LogP contribution in [0.3, 0.4) is 0 Å². The van der Waals surface area contributed by atoms with Crippen LogP contribution in [0.1, 0.15) is 18.4 Å². The second kappa shape index (κ2) is 5.21. The molecule has 2 heterocycles. The summed E-state index contributed by atoms with van der Waals surface area (Å²) in [7, 11) is 0. The van der Waals surface area contributed by atoms with Crippen molar-refractivity contribution in [3.8, 4) is 0 Å². The van der Waals surface area contributed by atoms with Crippen LogP contribution in [0.4, 0.5) is 11.6 Å². The molecule has 0 fully saturated rings. The van der Waals surface area contributed by atoms with E-state index in [2.05, 4.69) is 46.5 Å². The second-order valence-electron chi connectivity index (χ2n) is 4.87. The highest BCUT2D eigenvalue weighted by atomic mass is 15.1. The first-order valence-electron chi connectivity index (χ1n) is 6.62. The zero-order valence-electron chi connectivity index (χ0n) is 11.3. The highest BCUT2D eigenvalue weighted by Crippen LogP contribution is 2.18. The largest absolute Gasteiger partial charge is 0.382 e. The molecule has 0 bridgehead atoms. The Morgan fingerprint density at radius 2 is 2.10 bits per heavy atom. The number of rotatable bonds is 4. The fraction of sp³-hybridized carbons (Fsp3) is 0.200. The van der Waals surface area contributed by atoms with Gasteiger partial charge in [0.25, 0.3) is 0 Å². The van der Waals surface area contributed by atoms with E-state index in [0.29, 0.717) is 11.7 Å². The summed E-state index contributed by atoms with van der Waals surface area (Å²) >= 11 is 0. The number of imidazole rings is 1. The first kappa shape index (κ1) is 12.5. The lowest BCUT2D eigenvalue weighted by atomic mass is 10.0. The quantitative estimate of drug-likeness (QED) is 0.762. The minimum atomic E-state index is 0.384. The predicted molar refractivity (Wildman–Crippen MR) is 80.7 cm³/mol. The molecular weight excluding hydrogens is 250 g/mol. The number of nitrogens with zero attached hydrogens (tertiary/aromatic N) is 3. The third kappa shape index (κ3) is 2.42. The van der Waals surface area contributed by atoms with Crippen molar-refractivity contribution in [3.05, 3.63) is 54.5 Å². The highest BCUT2D eigenvalue weighted by molar-refractivity contribution is 5.64. The van der Waals surface area contributed by atoms with Crippen molar-refractivity contribution in [2.24, 2.45) is 0 Å². The van der Waals surface area contributed by atoms with Gasteiger partial charge in [-0.3, -0.25) is 0 Å². The normalized spacial score (nSPS) is 12.4. The van der Waals surface area contributed by atoms with Gasteiger partial charge in [-0.2, -0.15) is 0 Å². The number of nitrogens with one attached hydrogen (secondary N) is 1. The van der Waals surface area contributed by atoms with Gasteiger partial charge in [-0.05, 0) is 11.5 Å². The molecule has 0 aliphatic rings. The molecule has 3 aromatic rings. The van der Waals surface area contributed by atoms with Gasteiger partial charge in [0, 0.05) is 18.9 Å². The van der Waals surface area contributed by atoms with Gasteiger partial charge in [0.05, 0.1) is 6.20 Å². The van der Waals surface area contributed by atoms with E-state index in [4.69, 9.17) is 5.73 Å². The van der Waals surface area contributed by atoms with Crippen LogP contribution >= 0.6 is 0 Å². The number of hydrogen-bond donors (Lipinski definition) is 2. The summed E-state index contributed by atoms with van der Waals surface area (Å²) in [5, 5.41) is 3.34. The molecule has 1 unspecified atom stereocenters. The van der Waals surface area contributed by atoms with E-state index < -0.39 is 0 Å². The lowest BCUT2D eigenvalue weighted by Gasteiger charge is -2.14. The Hall–Kier alpha value is -2.56. The van der Waals surface area contributed by atoms with Crippen LogP contribution < -0.4 is 11.1 Å². The fourth-order valence-corrected chi connectivity index (χ4v) is 2.22. The maximum absolute atomic E-state index is 5.80. The van der Waals surface area contributed by atoms with Crippen LogP contribution in [0.25, 0.3) is 5.65 Å². The number of nitrogens with two attached hydrogens (primary N) is 1. The summed E-state index contributed by atoms with van der Waals surface area (Å²) in [5.41, 5.74) is 7.89. The van der Waals surface area contributed by atoms with E-state index in [1.807, 2.05) is 16.7 Å². The number of benzene rings is 1. The molecule has 0 aliphatic carbocycles. The molecule has 5 nitrogen and oxygen atoms in total. The van der Waals surface area contributed by atoms with Crippen molar-refractivity contribution in [2.75, 3.05) is 17.6 Å². The lowest BCUT2D eigenvalue weighted by Crippen LogP contribution is -2.12. The van der Waals surface area contributed by atoms with Gasteiger partial charge in [-0.25, -0.2) is 9.97 Å². The second-order valence-corrected chi connectivity index (χ2v) is 4.87. The maximum atomic E-state index is 5.80. The van der Waals surface area contributed by atoms with E-state index in [1.165, 1.54) is 5.56 Å². The van der Waals surface area contributed by atoms with E-state index in [0.717, 1.165) is 18.0 Å². The van der Waals surface area contributed by atoms with Crippen LogP contribution in [0.5, 0.6) is 0 Å². The number of hydrogen-bond acceptors (Lipinski definition) is 4. The smallest absolute Gasteiger partial charge is 0.180 e. The highest BCUT2D eigenvalue weighted by Gasteiger charge is 2.09. The third-order valence-corrected chi connectivity index (χ3v) is 3.34. The number of nitrogen functional groups attached to an aromatic ring is 1. The van der Waals surface area contributed by atoms with Crippen molar-refractivity contribution in [2.45, 2.75) is 12.8 Å². The minimum absolute atomic E-state index is 0.384. The van der Waals surface area contributed by atoms with Crippen LogP contribution in [0.15, 0.2) is 48.9 Å². The summed E-state index contributed by atoms with van der Waals surface area (Å²) in [5.74, 6) is 1.58. The van der Waals surface area contributed by atoms with E-state index >= 15 is 0 Å². The van der Waals surface area contributed by atoms with Gasteiger partial charge in [0.1, 0.15) is 5.82 Å². The van der Waals surface area contributed by atoms with Gasteiger partial charge in [-0.15, -0.1) is 0 Å². The molecule has 0 saturated carbocycles. The van der Waals surface area contributed by atoms with Crippen molar-refractivity contribution in [1.29, 1.82) is 0 Å². The van der Waals surface area contributed by atoms with E-state index in [-0.39, 0.29) is 0 Å². The van der Waals surface area contributed by atoms with Crippen LogP contribution in [-0.4, -0.2) is 20.9 Å². The summed E-state index contributed by atoms with van der Waals surface area (Å²) in [6, 6.07) is 10.4. The summed E-state index contributed by atoms with van der Waals surface area (Å²) in [4.78, 5) is 8.62. The van der Waals surface area contributed by atoms with E-state index in [9.17, 15) is 0 Å². The number of fused-ring (bicyclic) bond motifs is 1. The molecule has 0 aliphatic heterocycles. The standard InChI is InChI=1S/C15H17N5/c1-11(12-5-3-2-4-6-12)9-18-14-15-17-7-8-20(15)10-13(16)19-14/h2-8,10-11H,9,16H2,1H3,(H,18,19). The van der Waals surface area contributed by atoms with Gasteiger partial charge >= 0.3 is 0 Å². The van der Waals surface area contributed by atoms with Gasteiger partial charge in [-0.1, -0.05) is 37.3 Å². The molecule has 0 radical (unpaired) electrons. The Balaban J connectivity index is 1.78. The van der Waals surface area contributed by atoms with Crippen LogP contribution in [-0.2, 0) is 0 Å². The Morgan fingerprint density at radius 1 is 1.30 bits per heavy atom. The van der Waals surface area contributed by atoms with Crippen LogP contribution in [0, 0.1) is 0 Å². The molecule has 0 spiro atoms. The Kier molecular flexibility index (Phi) is 3.25. The van der Waals surface area contributed by atoms with E-state index in [1.54, 1.807) is 12.4 Å². The predicted octanol–water partition coefficient (Wildman–Crippen LogP) is 2.53. The third-order valence-electron chi connectivity index (χ3n) is 3.34. The average Bonchev–Trinajstić information content (AvgIpc) is 2.93. The number of aromatic nitrogens is 3. The molecule has 102 valence electrons. The fourth-order valence-electron chi connectivity index (χ4n) is 2.22. The average molecular weight is 267 g/mol. The molecule has 20 heavy (non-hydrogen) atoms. The molecule has 1 atom stereocenters. The lowest BCUT2D eigenvalue weighted by molar-refractivity contribution is 0.801. The summed E-state index contributed by atoms with van der Waals surface area (Å²) < 4.78 is 1.87. The van der Waals surface area contributed by atoms with Crippen molar-refractivity contribution in [1.82, 2.24) is 14.4 Å². The first-order valence-corrected chi connectivity index (χ1v) is 6.62. The van der Waals surface area contributed by atoms with Crippen LogP contribution in [0.2, 0.25) is 0 Å². The summed E-state index contributed by atoms with van der Waals surface area (Å²) in [6.45, 7) is 2.96. The molecule has 1 aromatic carbocycles. The zero-order chi connectivity index (χ0) is 13.9. The monoisotopic (exact) mass is 267 g/mol. The van der Waals surface area contributed by atoms with Crippen molar-refractivity contribution < 1.29 is 0 Å². The van der Waals surface area contributed by atoms with Gasteiger partial charge in [0.15, 0.2) is 11.5 Å². The minimum Gasteiger partial charge on any atom is -0.382 e. The maximum Gasteiger partial charge on any atom is 0.180 e. The molecular formula is C15H17N5. The van der Waals surface area contributed by atoms with Crippen molar-refractivity contribution in [3.63, 3.8) is 0 Å². The SMILES string of the molecule is CC(CNc1nc(N)cn2ccnc12)c1ccccc1. The first-order chi connectivity index (χ1) is 9.74. The number of anilines is 2. The molecule has 5 heteroatoms. The molecule has 2 aromatic heterocycles. The Morgan fingerprint density at radius 3 is 2.90 bits per heavy atom. The zero-order valence-corrected chi connectivity index (χ0v) is 11.3. The molecule has 3 rings (SSSR count). The molecule has 0 saturated heterocycles.